The highest BCUT2D eigenvalue weighted by Gasteiger charge is 2.44. The normalized spacial score (nSPS) is 22.7. The maximum absolute atomic E-state index is 12.4. The van der Waals surface area contributed by atoms with E-state index in [1.807, 2.05) is 37.3 Å². The molecule has 6 heteroatoms. The van der Waals surface area contributed by atoms with Crippen LogP contribution in [0.3, 0.4) is 0 Å². The van der Waals surface area contributed by atoms with Gasteiger partial charge in [0.25, 0.3) is 0 Å². The highest BCUT2D eigenvalue weighted by atomic mass is 32.2. The van der Waals surface area contributed by atoms with E-state index in [0.717, 1.165) is 4.90 Å². The van der Waals surface area contributed by atoms with E-state index >= 15 is 0 Å². The van der Waals surface area contributed by atoms with Gasteiger partial charge in [0.2, 0.25) is 5.91 Å². The number of aliphatic carboxylic acids is 1. The zero-order valence-electron chi connectivity index (χ0n) is 11.9. The van der Waals surface area contributed by atoms with Crippen LogP contribution in [0, 0.1) is 0 Å². The van der Waals surface area contributed by atoms with Gasteiger partial charge in [0.15, 0.2) is 5.54 Å². The standard InChI is InChI=1S/C15H19NO4S/c1-2-12(21-11-6-4-3-5-7-11)13(17)16-15(14(18)19)8-9-20-10-15/h3-7,12H,2,8-10H2,1H3,(H,16,17)(H,18,19). The van der Waals surface area contributed by atoms with Gasteiger partial charge in [-0.2, -0.15) is 0 Å². The molecule has 0 spiro atoms. The van der Waals surface area contributed by atoms with Crippen LogP contribution in [0.5, 0.6) is 0 Å². The van der Waals surface area contributed by atoms with E-state index in [4.69, 9.17) is 4.74 Å². The molecule has 2 atom stereocenters. The van der Waals surface area contributed by atoms with Crippen molar-refractivity contribution in [1.29, 1.82) is 0 Å². The molecule has 1 aliphatic heterocycles. The minimum absolute atomic E-state index is 0.0283. The lowest BCUT2D eigenvalue weighted by atomic mass is 9.98. The Kier molecular flexibility index (Phi) is 5.25. The summed E-state index contributed by atoms with van der Waals surface area (Å²) in [5.41, 5.74) is -1.28. The minimum Gasteiger partial charge on any atom is -0.479 e. The van der Waals surface area contributed by atoms with E-state index in [-0.39, 0.29) is 17.8 Å². The number of carboxylic acid groups (broad SMARTS) is 1. The Morgan fingerprint density at radius 2 is 2.14 bits per heavy atom. The van der Waals surface area contributed by atoms with Crippen molar-refractivity contribution in [1.82, 2.24) is 5.32 Å². The van der Waals surface area contributed by atoms with Crippen LogP contribution in [-0.4, -0.2) is 41.0 Å². The number of carboxylic acids is 1. The fourth-order valence-electron chi connectivity index (χ4n) is 2.19. The highest BCUT2D eigenvalue weighted by molar-refractivity contribution is 8.00. The summed E-state index contributed by atoms with van der Waals surface area (Å²) in [6.07, 6.45) is 0.933. The molecule has 0 aliphatic carbocycles. The van der Waals surface area contributed by atoms with Gasteiger partial charge in [0.1, 0.15) is 0 Å². The maximum atomic E-state index is 12.4. The molecule has 0 radical (unpaired) electrons. The second-order valence-corrected chi connectivity index (χ2v) is 6.28. The number of hydrogen-bond acceptors (Lipinski definition) is 4. The Bertz CT molecular complexity index is 500. The summed E-state index contributed by atoms with van der Waals surface area (Å²) < 4.78 is 5.15. The number of hydrogen-bond donors (Lipinski definition) is 2. The van der Waals surface area contributed by atoms with Crippen LogP contribution < -0.4 is 5.32 Å². The quantitative estimate of drug-likeness (QED) is 0.785. The summed E-state index contributed by atoms with van der Waals surface area (Å²) in [4.78, 5) is 24.8. The molecule has 0 aromatic heterocycles. The first-order chi connectivity index (χ1) is 10.1. The maximum Gasteiger partial charge on any atom is 0.331 e. The molecule has 0 bridgehead atoms. The molecule has 2 unspecified atom stereocenters. The lowest BCUT2D eigenvalue weighted by Crippen LogP contribution is -2.57. The van der Waals surface area contributed by atoms with Gasteiger partial charge in [-0.05, 0) is 18.6 Å². The van der Waals surface area contributed by atoms with Gasteiger partial charge in [-0.3, -0.25) is 4.79 Å². The molecule has 21 heavy (non-hydrogen) atoms. The van der Waals surface area contributed by atoms with Gasteiger partial charge in [-0.1, -0.05) is 25.1 Å². The summed E-state index contributed by atoms with van der Waals surface area (Å²) in [5, 5.41) is 11.7. The van der Waals surface area contributed by atoms with E-state index < -0.39 is 11.5 Å². The molecule has 1 heterocycles. The summed E-state index contributed by atoms with van der Waals surface area (Å²) in [6.45, 7) is 2.30. The average Bonchev–Trinajstić information content (AvgIpc) is 2.95. The number of amides is 1. The summed E-state index contributed by atoms with van der Waals surface area (Å²) in [7, 11) is 0. The molecule has 1 amide bonds. The van der Waals surface area contributed by atoms with Crippen molar-refractivity contribution in [2.24, 2.45) is 0 Å². The van der Waals surface area contributed by atoms with Crippen molar-refractivity contribution in [2.45, 2.75) is 35.4 Å². The number of carbonyl (C=O) groups excluding carboxylic acids is 1. The Morgan fingerprint density at radius 1 is 1.43 bits per heavy atom. The molecule has 5 nitrogen and oxygen atoms in total. The van der Waals surface area contributed by atoms with Crippen LogP contribution in [0.15, 0.2) is 35.2 Å². The van der Waals surface area contributed by atoms with Gasteiger partial charge in [0, 0.05) is 17.9 Å². The molecular formula is C15H19NO4S. The van der Waals surface area contributed by atoms with Crippen molar-refractivity contribution >= 4 is 23.6 Å². The van der Waals surface area contributed by atoms with Crippen molar-refractivity contribution in [3.05, 3.63) is 30.3 Å². The van der Waals surface area contributed by atoms with Gasteiger partial charge in [-0.25, -0.2) is 4.79 Å². The van der Waals surface area contributed by atoms with Crippen LogP contribution in [0.2, 0.25) is 0 Å². The molecule has 1 aromatic carbocycles. The molecule has 2 N–H and O–H groups in total. The monoisotopic (exact) mass is 309 g/mol. The van der Waals surface area contributed by atoms with Crippen molar-refractivity contribution in [3.8, 4) is 0 Å². The molecule has 1 aliphatic rings. The molecule has 1 aromatic rings. The summed E-state index contributed by atoms with van der Waals surface area (Å²) in [6, 6.07) is 9.62. The summed E-state index contributed by atoms with van der Waals surface area (Å²) in [5.74, 6) is -1.29. The Balaban J connectivity index is 2.04. The van der Waals surface area contributed by atoms with E-state index in [0.29, 0.717) is 19.4 Å². The second kappa shape index (κ2) is 6.95. The molecule has 114 valence electrons. The third-order valence-corrected chi connectivity index (χ3v) is 4.85. The van der Waals surface area contributed by atoms with Gasteiger partial charge in [-0.15, -0.1) is 11.8 Å². The SMILES string of the molecule is CCC(Sc1ccccc1)C(=O)NC1(C(=O)O)CCOC1. The number of carbonyl (C=O) groups is 2. The first kappa shape index (κ1) is 15.9. The largest absolute Gasteiger partial charge is 0.479 e. The smallest absolute Gasteiger partial charge is 0.331 e. The number of rotatable bonds is 6. The zero-order chi connectivity index (χ0) is 15.3. The Labute approximate surface area is 128 Å². The van der Waals surface area contributed by atoms with Gasteiger partial charge in [0.05, 0.1) is 11.9 Å². The molecule has 0 saturated carbocycles. The number of nitrogens with one attached hydrogen (secondary N) is 1. The van der Waals surface area contributed by atoms with E-state index in [2.05, 4.69) is 5.32 Å². The molecule has 1 fully saturated rings. The van der Waals surface area contributed by atoms with Crippen LogP contribution in [-0.2, 0) is 14.3 Å². The van der Waals surface area contributed by atoms with Crippen molar-refractivity contribution in [2.75, 3.05) is 13.2 Å². The number of ether oxygens (including phenoxy) is 1. The lowest BCUT2D eigenvalue weighted by Gasteiger charge is -2.26. The first-order valence-electron chi connectivity index (χ1n) is 6.92. The predicted octanol–water partition coefficient (Wildman–Crippen LogP) is 1.92. The van der Waals surface area contributed by atoms with Gasteiger partial charge >= 0.3 is 5.97 Å². The fourth-order valence-corrected chi connectivity index (χ4v) is 3.16. The van der Waals surface area contributed by atoms with Crippen molar-refractivity contribution in [3.63, 3.8) is 0 Å². The third-order valence-electron chi connectivity index (χ3n) is 3.48. The highest BCUT2D eigenvalue weighted by Crippen LogP contribution is 2.27. The minimum atomic E-state index is -1.28. The zero-order valence-corrected chi connectivity index (χ0v) is 12.7. The van der Waals surface area contributed by atoms with E-state index in [9.17, 15) is 14.7 Å². The van der Waals surface area contributed by atoms with Gasteiger partial charge < -0.3 is 15.2 Å². The van der Waals surface area contributed by atoms with Crippen LogP contribution in [0.4, 0.5) is 0 Å². The molecule has 1 saturated heterocycles. The predicted molar refractivity (Wildman–Crippen MR) is 80.3 cm³/mol. The van der Waals surface area contributed by atoms with Crippen LogP contribution >= 0.6 is 11.8 Å². The van der Waals surface area contributed by atoms with Crippen LogP contribution in [0.1, 0.15) is 19.8 Å². The van der Waals surface area contributed by atoms with E-state index in [1.54, 1.807) is 0 Å². The number of benzene rings is 1. The number of thioether (sulfide) groups is 1. The average molecular weight is 309 g/mol. The van der Waals surface area contributed by atoms with Crippen LogP contribution in [0.25, 0.3) is 0 Å². The first-order valence-corrected chi connectivity index (χ1v) is 7.80. The summed E-state index contributed by atoms with van der Waals surface area (Å²) >= 11 is 1.44. The fraction of sp³-hybridized carbons (Fsp3) is 0.467. The Morgan fingerprint density at radius 3 is 2.67 bits per heavy atom. The topological polar surface area (TPSA) is 75.6 Å². The van der Waals surface area contributed by atoms with Crippen molar-refractivity contribution < 1.29 is 19.4 Å². The second-order valence-electron chi connectivity index (χ2n) is 5.01. The molecule has 2 rings (SSSR count). The lowest BCUT2D eigenvalue weighted by molar-refractivity contribution is -0.147. The third kappa shape index (κ3) is 3.77. The Hall–Kier alpha value is -1.53. The molecular weight excluding hydrogens is 290 g/mol. The van der Waals surface area contributed by atoms with E-state index in [1.165, 1.54) is 11.8 Å².